The molecule has 0 aromatic heterocycles. The Kier molecular flexibility index (Phi) is 3.90. The number of nitrogens with zero attached hydrogens (tertiary/aromatic N) is 1. The number of nitriles is 1. The van der Waals surface area contributed by atoms with Crippen LogP contribution in [0.1, 0.15) is 22.3 Å². The maximum absolute atomic E-state index is 13.2. The van der Waals surface area contributed by atoms with E-state index in [9.17, 15) is 9.50 Å². The van der Waals surface area contributed by atoms with Crippen LogP contribution < -0.4 is 5.32 Å². The monoisotopic (exact) mass is 270 g/mol. The zero-order valence-corrected chi connectivity index (χ0v) is 11.4. The van der Waals surface area contributed by atoms with E-state index in [1.54, 1.807) is 6.07 Å². The second-order valence-electron chi connectivity index (χ2n) is 4.74. The van der Waals surface area contributed by atoms with E-state index in [1.165, 1.54) is 12.1 Å². The van der Waals surface area contributed by atoms with Gasteiger partial charge in [-0.05, 0) is 48.7 Å². The summed E-state index contributed by atoms with van der Waals surface area (Å²) >= 11 is 0. The maximum atomic E-state index is 13.2. The molecule has 20 heavy (non-hydrogen) atoms. The lowest BCUT2D eigenvalue weighted by Gasteiger charge is -2.10. The molecule has 0 saturated carbocycles. The van der Waals surface area contributed by atoms with E-state index in [4.69, 9.17) is 5.26 Å². The third kappa shape index (κ3) is 2.89. The lowest BCUT2D eigenvalue weighted by Crippen LogP contribution is -2.01. The van der Waals surface area contributed by atoms with Crippen molar-refractivity contribution in [1.82, 2.24) is 0 Å². The van der Waals surface area contributed by atoms with Gasteiger partial charge in [0.15, 0.2) is 0 Å². The zero-order chi connectivity index (χ0) is 14.7. The lowest BCUT2D eigenvalue weighted by molar-refractivity contribution is 0.466. The van der Waals surface area contributed by atoms with Crippen LogP contribution in [0.5, 0.6) is 5.75 Å². The first-order chi connectivity index (χ1) is 9.51. The van der Waals surface area contributed by atoms with Crippen molar-refractivity contribution in [2.45, 2.75) is 20.4 Å². The maximum Gasteiger partial charge on any atom is 0.141 e. The van der Waals surface area contributed by atoms with Crippen molar-refractivity contribution in [2.24, 2.45) is 0 Å². The Bertz CT molecular complexity index is 666. The lowest BCUT2D eigenvalue weighted by atomic mass is 10.1. The van der Waals surface area contributed by atoms with E-state index in [0.717, 1.165) is 16.7 Å². The molecule has 0 radical (unpaired) electrons. The van der Waals surface area contributed by atoms with Crippen molar-refractivity contribution in [3.63, 3.8) is 0 Å². The predicted molar refractivity (Wildman–Crippen MR) is 76.0 cm³/mol. The van der Waals surface area contributed by atoms with Crippen LogP contribution in [0, 0.1) is 31.0 Å². The van der Waals surface area contributed by atoms with Gasteiger partial charge < -0.3 is 10.4 Å². The molecule has 102 valence electrons. The number of anilines is 1. The molecule has 4 heteroatoms. The van der Waals surface area contributed by atoms with Crippen LogP contribution in [0.2, 0.25) is 0 Å². The molecule has 0 atom stereocenters. The van der Waals surface area contributed by atoms with E-state index < -0.39 is 5.82 Å². The van der Waals surface area contributed by atoms with Gasteiger partial charge in [-0.15, -0.1) is 0 Å². The van der Waals surface area contributed by atoms with E-state index in [0.29, 0.717) is 18.0 Å². The molecule has 2 N–H and O–H groups in total. The average Bonchev–Trinajstić information content (AvgIpc) is 2.43. The highest BCUT2D eigenvalue weighted by Gasteiger charge is 2.05. The SMILES string of the molecule is Cc1cc(CNc2ccc(F)c(C#N)c2)cc(C)c1O. The molecule has 0 aliphatic rings. The number of phenols is 1. The van der Waals surface area contributed by atoms with Crippen molar-refractivity contribution in [2.75, 3.05) is 5.32 Å². The highest BCUT2D eigenvalue weighted by Crippen LogP contribution is 2.23. The van der Waals surface area contributed by atoms with Gasteiger partial charge in [0.2, 0.25) is 0 Å². The van der Waals surface area contributed by atoms with Crippen LogP contribution in [0.25, 0.3) is 0 Å². The largest absolute Gasteiger partial charge is 0.507 e. The minimum atomic E-state index is -0.519. The molecule has 0 spiro atoms. The van der Waals surface area contributed by atoms with Crippen molar-refractivity contribution in [3.05, 3.63) is 58.4 Å². The molecule has 2 aromatic carbocycles. The summed E-state index contributed by atoms with van der Waals surface area (Å²) in [5.74, 6) is -0.211. The highest BCUT2D eigenvalue weighted by atomic mass is 19.1. The molecule has 3 nitrogen and oxygen atoms in total. The predicted octanol–water partition coefficient (Wildman–Crippen LogP) is 3.63. The van der Waals surface area contributed by atoms with Crippen LogP contribution in [-0.4, -0.2) is 5.11 Å². The molecule has 0 amide bonds. The third-order valence-corrected chi connectivity index (χ3v) is 3.13. The second kappa shape index (κ2) is 5.62. The van der Waals surface area contributed by atoms with Gasteiger partial charge >= 0.3 is 0 Å². The number of benzene rings is 2. The third-order valence-electron chi connectivity index (χ3n) is 3.13. The first-order valence-electron chi connectivity index (χ1n) is 6.24. The van der Waals surface area contributed by atoms with Crippen LogP contribution in [-0.2, 0) is 6.54 Å². The molecule has 0 heterocycles. The van der Waals surface area contributed by atoms with E-state index in [2.05, 4.69) is 5.32 Å². The Balaban J connectivity index is 2.15. The van der Waals surface area contributed by atoms with Crippen LogP contribution in [0.3, 0.4) is 0 Å². The van der Waals surface area contributed by atoms with Crippen LogP contribution >= 0.6 is 0 Å². The Labute approximate surface area is 117 Å². The summed E-state index contributed by atoms with van der Waals surface area (Å²) in [5.41, 5.74) is 3.36. The summed E-state index contributed by atoms with van der Waals surface area (Å²) in [6, 6.07) is 9.94. The minimum Gasteiger partial charge on any atom is -0.507 e. The quantitative estimate of drug-likeness (QED) is 0.895. The van der Waals surface area contributed by atoms with Crippen molar-refractivity contribution in [3.8, 4) is 11.8 Å². The number of halogens is 1. The Morgan fingerprint density at radius 1 is 1.20 bits per heavy atom. The number of hydrogen-bond donors (Lipinski definition) is 2. The fraction of sp³-hybridized carbons (Fsp3) is 0.188. The normalized spacial score (nSPS) is 10.1. The highest BCUT2D eigenvalue weighted by molar-refractivity contribution is 5.51. The second-order valence-corrected chi connectivity index (χ2v) is 4.74. The fourth-order valence-corrected chi connectivity index (χ4v) is 2.07. The van der Waals surface area contributed by atoms with Crippen molar-refractivity contribution in [1.29, 1.82) is 5.26 Å². The van der Waals surface area contributed by atoms with Gasteiger partial charge in [0.1, 0.15) is 17.6 Å². The first kappa shape index (κ1) is 13.9. The van der Waals surface area contributed by atoms with Crippen LogP contribution in [0.15, 0.2) is 30.3 Å². The number of phenolic OH excluding ortho intramolecular Hbond substituents is 1. The van der Waals surface area contributed by atoms with Crippen molar-refractivity contribution < 1.29 is 9.50 Å². The van der Waals surface area contributed by atoms with E-state index in [-0.39, 0.29) is 5.56 Å². The summed E-state index contributed by atoms with van der Waals surface area (Å²) < 4.78 is 13.2. The number of nitrogens with one attached hydrogen (secondary N) is 1. The molecule has 0 saturated heterocycles. The molecule has 0 aliphatic carbocycles. The minimum absolute atomic E-state index is 0.0214. The Morgan fingerprint density at radius 3 is 2.45 bits per heavy atom. The number of rotatable bonds is 3. The number of hydrogen-bond acceptors (Lipinski definition) is 3. The molecule has 2 rings (SSSR count). The molecule has 0 unspecified atom stereocenters. The summed E-state index contributed by atoms with van der Waals surface area (Å²) in [7, 11) is 0. The van der Waals surface area contributed by atoms with E-state index in [1.807, 2.05) is 32.0 Å². The Hall–Kier alpha value is -2.54. The van der Waals surface area contributed by atoms with E-state index >= 15 is 0 Å². The van der Waals surface area contributed by atoms with Gasteiger partial charge in [0, 0.05) is 12.2 Å². The summed E-state index contributed by atoms with van der Waals surface area (Å²) in [6.07, 6.45) is 0. The summed E-state index contributed by atoms with van der Waals surface area (Å²) in [4.78, 5) is 0. The van der Waals surface area contributed by atoms with Gasteiger partial charge in [0.25, 0.3) is 0 Å². The molecule has 2 aromatic rings. The summed E-state index contributed by atoms with van der Waals surface area (Å²) in [5, 5.41) is 21.6. The number of aromatic hydroxyl groups is 1. The molecule has 0 bridgehead atoms. The average molecular weight is 270 g/mol. The molecule has 0 fully saturated rings. The van der Waals surface area contributed by atoms with Gasteiger partial charge in [-0.3, -0.25) is 0 Å². The zero-order valence-electron chi connectivity index (χ0n) is 11.4. The summed E-state index contributed by atoms with van der Waals surface area (Å²) in [6.45, 7) is 4.23. The standard InChI is InChI=1S/C16H15FN2O/c1-10-5-12(6-11(2)16(10)20)9-19-14-3-4-15(17)13(7-14)8-18/h3-7,19-20H,9H2,1-2H3. The van der Waals surface area contributed by atoms with Crippen LogP contribution in [0.4, 0.5) is 10.1 Å². The molecule has 0 aliphatic heterocycles. The van der Waals surface area contributed by atoms with Gasteiger partial charge in [-0.1, -0.05) is 12.1 Å². The van der Waals surface area contributed by atoms with Crippen molar-refractivity contribution >= 4 is 5.69 Å². The Morgan fingerprint density at radius 2 is 1.85 bits per heavy atom. The fourth-order valence-electron chi connectivity index (χ4n) is 2.07. The first-order valence-corrected chi connectivity index (χ1v) is 6.24. The van der Waals surface area contributed by atoms with Gasteiger partial charge in [0.05, 0.1) is 5.56 Å². The number of aryl methyl sites for hydroxylation is 2. The van der Waals surface area contributed by atoms with Gasteiger partial charge in [-0.2, -0.15) is 5.26 Å². The molecular weight excluding hydrogens is 255 g/mol. The topological polar surface area (TPSA) is 56.0 Å². The van der Waals surface area contributed by atoms with Gasteiger partial charge in [-0.25, -0.2) is 4.39 Å². The molecular formula is C16H15FN2O. The smallest absolute Gasteiger partial charge is 0.141 e.